The average molecular weight is 478 g/mol. The van der Waals surface area contributed by atoms with Crippen molar-refractivity contribution in [3.63, 3.8) is 0 Å². The summed E-state index contributed by atoms with van der Waals surface area (Å²) in [5, 5.41) is 12.1. The number of thioether (sulfide) groups is 1. The van der Waals surface area contributed by atoms with Gasteiger partial charge in [0.15, 0.2) is 11.0 Å². The van der Waals surface area contributed by atoms with E-state index in [0.29, 0.717) is 39.1 Å². The van der Waals surface area contributed by atoms with E-state index in [4.69, 9.17) is 9.47 Å². The monoisotopic (exact) mass is 477 g/mol. The third-order valence-corrected chi connectivity index (χ3v) is 6.81. The Morgan fingerprint density at radius 2 is 1.94 bits per heavy atom. The summed E-state index contributed by atoms with van der Waals surface area (Å²) in [4.78, 5) is 21.0. The first-order valence-corrected chi connectivity index (χ1v) is 11.9. The Kier molecular flexibility index (Phi) is 5.84. The van der Waals surface area contributed by atoms with Crippen LogP contribution >= 0.6 is 23.1 Å². The molecule has 33 heavy (non-hydrogen) atoms. The molecule has 5 rings (SSSR count). The first-order chi connectivity index (χ1) is 16.2. The Hall–Kier alpha value is -3.63. The number of thiophene rings is 1. The average Bonchev–Trinajstić information content (AvgIpc) is 3.52. The van der Waals surface area contributed by atoms with Gasteiger partial charge in [-0.25, -0.2) is 4.98 Å². The third-order valence-electron chi connectivity index (χ3n) is 5.00. The fourth-order valence-corrected chi connectivity index (χ4v) is 4.97. The van der Waals surface area contributed by atoms with Gasteiger partial charge in [-0.3, -0.25) is 9.36 Å². The summed E-state index contributed by atoms with van der Waals surface area (Å²) in [7, 11) is 3.22. The van der Waals surface area contributed by atoms with Crippen LogP contribution in [-0.4, -0.2) is 39.0 Å². The standard InChI is InChI=1S/C23H19N5O3S2/c1-30-14-9-10-15-16(12-14)24-20(25-22(15)29)13-33-23-27-26-21(19-8-5-11-32-19)28(23)17-6-3-4-7-18(17)31-2/h3-12H,13H2,1-2H3,(H,24,25,29). The predicted molar refractivity (Wildman–Crippen MR) is 130 cm³/mol. The number of hydrogen-bond acceptors (Lipinski definition) is 8. The lowest BCUT2D eigenvalue weighted by molar-refractivity contribution is 0.412. The fourth-order valence-electron chi connectivity index (χ4n) is 3.46. The van der Waals surface area contributed by atoms with Crippen molar-refractivity contribution in [1.29, 1.82) is 0 Å². The molecular formula is C23H19N5O3S2. The molecule has 0 fully saturated rings. The second-order valence-electron chi connectivity index (χ2n) is 6.98. The van der Waals surface area contributed by atoms with Crippen molar-refractivity contribution in [2.75, 3.05) is 14.2 Å². The van der Waals surface area contributed by atoms with Crippen LogP contribution in [0.4, 0.5) is 0 Å². The lowest BCUT2D eigenvalue weighted by atomic mass is 10.2. The van der Waals surface area contributed by atoms with E-state index in [1.807, 2.05) is 46.3 Å². The van der Waals surface area contributed by atoms with Crippen LogP contribution in [0, 0.1) is 0 Å². The molecule has 166 valence electrons. The number of benzene rings is 2. The van der Waals surface area contributed by atoms with E-state index in [-0.39, 0.29) is 5.56 Å². The minimum atomic E-state index is -0.191. The molecule has 0 saturated heterocycles. The second-order valence-corrected chi connectivity index (χ2v) is 8.87. The highest BCUT2D eigenvalue weighted by atomic mass is 32.2. The number of nitrogens with one attached hydrogen (secondary N) is 1. The maximum Gasteiger partial charge on any atom is 0.258 e. The molecule has 0 aliphatic rings. The van der Waals surface area contributed by atoms with Crippen LogP contribution < -0.4 is 15.0 Å². The number of ether oxygens (including phenoxy) is 2. The minimum Gasteiger partial charge on any atom is -0.497 e. The van der Waals surface area contributed by atoms with Crippen LogP contribution in [0.25, 0.3) is 27.3 Å². The van der Waals surface area contributed by atoms with Crippen LogP contribution in [0.1, 0.15) is 5.82 Å². The molecule has 0 aliphatic carbocycles. The lowest BCUT2D eigenvalue weighted by Crippen LogP contribution is -2.11. The van der Waals surface area contributed by atoms with Gasteiger partial charge in [0.1, 0.15) is 17.3 Å². The number of para-hydroxylation sites is 2. The first kappa shape index (κ1) is 21.2. The number of aromatic amines is 1. The molecule has 1 N–H and O–H groups in total. The topological polar surface area (TPSA) is 94.9 Å². The van der Waals surface area contributed by atoms with Gasteiger partial charge in [-0.15, -0.1) is 21.5 Å². The first-order valence-electron chi connectivity index (χ1n) is 10.0. The largest absolute Gasteiger partial charge is 0.497 e. The molecule has 0 saturated carbocycles. The highest BCUT2D eigenvalue weighted by molar-refractivity contribution is 7.98. The van der Waals surface area contributed by atoms with Gasteiger partial charge in [0, 0.05) is 6.07 Å². The summed E-state index contributed by atoms with van der Waals surface area (Å²) in [6.45, 7) is 0. The number of aromatic nitrogens is 5. The van der Waals surface area contributed by atoms with Gasteiger partial charge >= 0.3 is 0 Å². The molecule has 0 amide bonds. The van der Waals surface area contributed by atoms with Gasteiger partial charge in [0.05, 0.1) is 41.4 Å². The second kappa shape index (κ2) is 9.08. The summed E-state index contributed by atoms with van der Waals surface area (Å²) in [5.74, 6) is 3.02. The van der Waals surface area contributed by atoms with Crippen molar-refractivity contribution in [2.24, 2.45) is 0 Å². The molecule has 0 unspecified atom stereocenters. The minimum absolute atomic E-state index is 0.191. The molecule has 0 spiro atoms. The Balaban J connectivity index is 1.54. The van der Waals surface area contributed by atoms with Gasteiger partial charge in [-0.05, 0) is 35.7 Å². The van der Waals surface area contributed by atoms with Crippen molar-refractivity contribution in [3.8, 4) is 27.9 Å². The molecule has 0 radical (unpaired) electrons. The number of H-pyrrole nitrogens is 1. The summed E-state index contributed by atoms with van der Waals surface area (Å²) in [6.07, 6.45) is 0. The number of methoxy groups -OCH3 is 2. The Labute approximate surface area is 197 Å². The van der Waals surface area contributed by atoms with E-state index in [9.17, 15) is 4.79 Å². The van der Waals surface area contributed by atoms with Crippen LogP contribution in [0.2, 0.25) is 0 Å². The van der Waals surface area contributed by atoms with E-state index < -0.39 is 0 Å². The highest BCUT2D eigenvalue weighted by Gasteiger charge is 2.20. The number of nitrogens with zero attached hydrogens (tertiary/aromatic N) is 4. The molecule has 0 atom stereocenters. The van der Waals surface area contributed by atoms with Crippen molar-refractivity contribution in [1.82, 2.24) is 24.7 Å². The number of hydrogen-bond donors (Lipinski definition) is 1. The van der Waals surface area contributed by atoms with Crippen LogP contribution in [0.5, 0.6) is 11.5 Å². The number of rotatable bonds is 7. The molecule has 0 aliphatic heterocycles. The number of fused-ring (bicyclic) bond motifs is 1. The maximum atomic E-state index is 12.5. The summed E-state index contributed by atoms with van der Waals surface area (Å²) in [6, 6.07) is 16.9. The molecule has 3 aromatic heterocycles. The van der Waals surface area contributed by atoms with Gasteiger partial charge in [0.25, 0.3) is 5.56 Å². The zero-order valence-electron chi connectivity index (χ0n) is 17.8. The Bertz CT molecular complexity index is 1480. The molecule has 10 heteroatoms. The highest BCUT2D eigenvalue weighted by Crippen LogP contribution is 2.34. The fraction of sp³-hybridized carbons (Fsp3) is 0.130. The normalized spacial score (nSPS) is 11.1. The maximum absolute atomic E-state index is 12.5. The molecule has 2 aromatic carbocycles. The zero-order chi connectivity index (χ0) is 22.8. The Morgan fingerprint density at radius 1 is 1.06 bits per heavy atom. The Morgan fingerprint density at radius 3 is 2.73 bits per heavy atom. The van der Waals surface area contributed by atoms with E-state index in [1.165, 1.54) is 11.8 Å². The van der Waals surface area contributed by atoms with E-state index in [1.54, 1.807) is 43.8 Å². The molecular weight excluding hydrogens is 458 g/mol. The lowest BCUT2D eigenvalue weighted by Gasteiger charge is -2.13. The van der Waals surface area contributed by atoms with Gasteiger partial charge in [0.2, 0.25) is 0 Å². The van der Waals surface area contributed by atoms with Gasteiger partial charge in [-0.2, -0.15) is 0 Å². The van der Waals surface area contributed by atoms with Crippen molar-refractivity contribution >= 4 is 34.0 Å². The smallest absolute Gasteiger partial charge is 0.258 e. The predicted octanol–water partition coefficient (Wildman–Crippen LogP) is 4.54. The van der Waals surface area contributed by atoms with Crippen LogP contribution in [-0.2, 0) is 5.75 Å². The summed E-state index contributed by atoms with van der Waals surface area (Å²) >= 11 is 3.02. The third kappa shape index (κ3) is 4.10. The summed E-state index contributed by atoms with van der Waals surface area (Å²) in [5.41, 5.74) is 1.23. The van der Waals surface area contributed by atoms with Crippen LogP contribution in [0.3, 0.4) is 0 Å². The molecule has 8 nitrogen and oxygen atoms in total. The molecule has 0 bridgehead atoms. The molecule has 5 aromatic rings. The van der Waals surface area contributed by atoms with Gasteiger partial charge < -0.3 is 14.5 Å². The van der Waals surface area contributed by atoms with E-state index in [0.717, 1.165) is 16.4 Å². The quantitative estimate of drug-likeness (QED) is 0.344. The van der Waals surface area contributed by atoms with Gasteiger partial charge in [-0.1, -0.05) is 30.0 Å². The zero-order valence-corrected chi connectivity index (χ0v) is 19.4. The van der Waals surface area contributed by atoms with E-state index in [2.05, 4.69) is 20.2 Å². The van der Waals surface area contributed by atoms with Crippen LogP contribution in [0.15, 0.2) is 69.9 Å². The van der Waals surface area contributed by atoms with Crippen molar-refractivity contribution in [3.05, 3.63) is 76.2 Å². The molecule has 3 heterocycles. The van der Waals surface area contributed by atoms with E-state index >= 15 is 0 Å². The van der Waals surface area contributed by atoms with Crippen molar-refractivity contribution in [2.45, 2.75) is 10.9 Å². The SMILES string of the molecule is COc1ccc2c(=O)[nH]c(CSc3nnc(-c4cccs4)n3-c3ccccc3OC)nc2c1. The summed E-state index contributed by atoms with van der Waals surface area (Å²) < 4.78 is 12.8. The van der Waals surface area contributed by atoms with Crippen molar-refractivity contribution < 1.29 is 9.47 Å².